The minimum absolute atomic E-state index is 0.0155. The van der Waals surface area contributed by atoms with E-state index in [1.54, 1.807) is 6.07 Å². The second-order valence-electron chi connectivity index (χ2n) is 5.55. The highest BCUT2D eigenvalue weighted by Crippen LogP contribution is 2.38. The van der Waals surface area contributed by atoms with Crippen LogP contribution in [0, 0.1) is 10.1 Å². The highest BCUT2D eigenvalue weighted by Gasteiger charge is 2.25. The number of halogens is 2. The Kier molecular flexibility index (Phi) is 4.10. The van der Waals surface area contributed by atoms with E-state index in [-0.39, 0.29) is 16.5 Å². The minimum atomic E-state index is -0.622. The van der Waals surface area contributed by atoms with Crippen molar-refractivity contribution < 1.29 is 4.92 Å². The average Bonchev–Trinajstić information content (AvgIpc) is 2.23. The van der Waals surface area contributed by atoms with Gasteiger partial charge in [0.05, 0.1) is 10.4 Å². The van der Waals surface area contributed by atoms with Crippen molar-refractivity contribution >= 4 is 49.8 Å². The van der Waals surface area contributed by atoms with E-state index in [1.807, 2.05) is 19.9 Å². The van der Waals surface area contributed by atoms with Crippen molar-refractivity contribution in [1.29, 1.82) is 0 Å². The standard InChI is InChI=1S/C13H14BrClN4O2/c1-13(2,17)5-6-3-7(14)4-8-9(6)10(16)11(19(20)21)12(15)18-8/h3-4H,5,17H2,1-2H3,(H2,16,18). The topological polar surface area (TPSA) is 108 Å². The van der Waals surface area contributed by atoms with Gasteiger partial charge in [0, 0.05) is 15.4 Å². The molecule has 2 aromatic rings. The van der Waals surface area contributed by atoms with Crippen molar-refractivity contribution in [1.82, 2.24) is 4.98 Å². The third-order valence-electron chi connectivity index (χ3n) is 2.93. The molecule has 0 aliphatic heterocycles. The average molecular weight is 374 g/mol. The molecule has 1 heterocycles. The predicted molar refractivity (Wildman–Crippen MR) is 87.5 cm³/mol. The first-order valence-corrected chi connectivity index (χ1v) is 7.27. The maximum Gasteiger partial charge on any atom is 0.329 e. The number of pyridine rings is 1. The van der Waals surface area contributed by atoms with Gasteiger partial charge in [-0.3, -0.25) is 10.1 Å². The fraction of sp³-hybridized carbons (Fsp3) is 0.308. The fourth-order valence-electron chi connectivity index (χ4n) is 2.24. The molecule has 0 amide bonds. The second-order valence-corrected chi connectivity index (χ2v) is 6.82. The number of nitrogens with two attached hydrogens (primary N) is 2. The van der Waals surface area contributed by atoms with Crippen molar-refractivity contribution in [3.8, 4) is 0 Å². The summed E-state index contributed by atoms with van der Waals surface area (Å²) in [4.78, 5) is 14.6. The van der Waals surface area contributed by atoms with Gasteiger partial charge in [-0.2, -0.15) is 0 Å². The summed E-state index contributed by atoms with van der Waals surface area (Å²) in [7, 11) is 0. The number of fused-ring (bicyclic) bond motifs is 1. The molecular formula is C13H14BrClN4O2. The lowest BCUT2D eigenvalue weighted by Crippen LogP contribution is -2.34. The van der Waals surface area contributed by atoms with E-state index in [1.165, 1.54) is 0 Å². The Bertz CT molecular complexity index is 743. The molecule has 112 valence electrons. The van der Waals surface area contributed by atoms with Crippen LogP contribution in [0.25, 0.3) is 10.9 Å². The summed E-state index contributed by atoms with van der Waals surface area (Å²) in [5.41, 5.74) is 12.5. The number of rotatable bonds is 3. The van der Waals surface area contributed by atoms with Crippen LogP contribution in [0.1, 0.15) is 19.4 Å². The maximum atomic E-state index is 11.1. The molecule has 1 aromatic carbocycles. The lowest BCUT2D eigenvalue weighted by Gasteiger charge is -2.20. The van der Waals surface area contributed by atoms with Gasteiger partial charge in [0.1, 0.15) is 5.69 Å². The first-order valence-electron chi connectivity index (χ1n) is 6.10. The summed E-state index contributed by atoms with van der Waals surface area (Å²) in [6.45, 7) is 3.74. The lowest BCUT2D eigenvalue weighted by molar-refractivity contribution is -0.383. The highest BCUT2D eigenvalue weighted by atomic mass is 79.9. The van der Waals surface area contributed by atoms with Crippen molar-refractivity contribution in [3.63, 3.8) is 0 Å². The van der Waals surface area contributed by atoms with Crippen molar-refractivity contribution in [3.05, 3.63) is 37.4 Å². The van der Waals surface area contributed by atoms with E-state index in [0.717, 1.165) is 10.0 Å². The first-order chi connectivity index (χ1) is 9.60. The molecule has 4 N–H and O–H groups in total. The lowest BCUT2D eigenvalue weighted by atomic mass is 9.93. The Morgan fingerprint density at radius 2 is 2.10 bits per heavy atom. The molecular weight excluding hydrogens is 360 g/mol. The van der Waals surface area contributed by atoms with E-state index in [2.05, 4.69) is 20.9 Å². The molecule has 21 heavy (non-hydrogen) atoms. The van der Waals surface area contributed by atoms with Crippen molar-refractivity contribution in [2.45, 2.75) is 25.8 Å². The predicted octanol–water partition coefficient (Wildman–Crippen LogP) is 3.42. The monoisotopic (exact) mass is 372 g/mol. The molecule has 0 aliphatic rings. The number of nitrogens with zero attached hydrogens (tertiary/aromatic N) is 2. The third kappa shape index (κ3) is 3.25. The molecule has 0 atom stereocenters. The molecule has 0 fully saturated rings. The summed E-state index contributed by atoms with van der Waals surface area (Å²) in [5, 5.41) is 11.4. The molecule has 2 rings (SSSR count). The van der Waals surface area contributed by atoms with E-state index in [9.17, 15) is 10.1 Å². The Morgan fingerprint density at radius 1 is 1.48 bits per heavy atom. The van der Waals surface area contributed by atoms with Gasteiger partial charge in [0.15, 0.2) is 0 Å². The van der Waals surface area contributed by atoms with Gasteiger partial charge >= 0.3 is 5.69 Å². The molecule has 8 heteroatoms. The van der Waals surface area contributed by atoms with Gasteiger partial charge in [-0.25, -0.2) is 4.98 Å². The zero-order valence-corrected chi connectivity index (χ0v) is 13.8. The number of hydrogen-bond acceptors (Lipinski definition) is 5. The van der Waals surface area contributed by atoms with Crippen LogP contribution in [-0.4, -0.2) is 15.4 Å². The van der Waals surface area contributed by atoms with Crippen LogP contribution in [-0.2, 0) is 6.42 Å². The zero-order valence-electron chi connectivity index (χ0n) is 11.5. The molecule has 0 unspecified atom stereocenters. The van der Waals surface area contributed by atoms with Gasteiger partial charge < -0.3 is 11.5 Å². The fourth-order valence-corrected chi connectivity index (χ4v) is 2.99. The number of nitro groups is 1. The molecule has 0 saturated heterocycles. The molecule has 0 bridgehead atoms. The summed E-state index contributed by atoms with van der Waals surface area (Å²) in [6, 6.07) is 3.56. The Labute approximate surface area is 134 Å². The summed E-state index contributed by atoms with van der Waals surface area (Å²) >= 11 is 9.26. The second kappa shape index (κ2) is 5.40. The number of benzene rings is 1. The van der Waals surface area contributed by atoms with Crippen LogP contribution >= 0.6 is 27.5 Å². The molecule has 0 saturated carbocycles. The molecule has 0 aliphatic carbocycles. The summed E-state index contributed by atoms with van der Waals surface area (Å²) < 4.78 is 0.783. The Morgan fingerprint density at radius 3 is 2.62 bits per heavy atom. The van der Waals surface area contributed by atoms with Gasteiger partial charge in [-0.1, -0.05) is 27.5 Å². The van der Waals surface area contributed by atoms with Gasteiger partial charge in [0.25, 0.3) is 0 Å². The molecule has 0 radical (unpaired) electrons. The largest absolute Gasteiger partial charge is 0.392 e. The number of aromatic nitrogens is 1. The molecule has 1 aromatic heterocycles. The van der Waals surface area contributed by atoms with Crippen LogP contribution in [0.4, 0.5) is 11.4 Å². The molecule has 6 nitrogen and oxygen atoms in total. The number of anilines is 1. The number of nitrogen functional groups attached to an aromatic ring is 1. The summed E-state index contributed by atoms with van der Waals surface area (Å²) in [5.74, 6) is 0. The van der Waals surface area contributed by atoms with Crippen LogP contribution in [0.3, 0.4) is 0 Å². The van der Waals surface area contributed by atoms with E-state index < -0.39 is 10.5 Å². The summed E-state index contributed by atoms with van der Waals surface area (Å²) in [6.07, 6.45) is 0.494. The van der Waals surface area contributed by atoms with Gasteiger partial charge in [-0.15, -0.1) is 0 Å². The van der Waals surface area contributed by atoms with E-state index >= 15 is 0 Å². The normalized spacial score (nSPS) is 11.9. The van der Waals surface area contributed by atoms with E-state index in [0.29, 0.717) is 17.3 Å². The molecule has 0 spiro atoms. The van der Waals surface area contributed by atoms with Gasteiger partial charge in [0.2, 0.25) is 5.15 Å². The van der Waals surface area contributed by atoms with Crippen LogP contribution in [0.2, 0.25) is 5.15 Å². The first kappa shape index (κ1) is 15.9. The Balaban J connectivity index is 2.85. The van der Waals surface area contributed by atoms with Crippen LogP contribution < -0.4 is 11.5 Å². The van der Waals surface area contributed by atoms with Gasteiger partial charge in [-0.05, 0) is 38.0 Å². The smallest absolute Gasteiger partial charge is 0.329 e. The van der Waals surface area contributed by atoms with E-state index in [4.69, 9.17) is 23.1 Å². The zero-order chi connectivity index (χ0) is 15.9. The minimum Gasteiger partial charge on any atom is -0.392 e. The Hall–Kier alpha value is -1.44. The number of hydrogen-bond donors (Lipinski definition) is 2. The third-order valence-corrected chi connectivity index (χ3v) is 3.65. The van der Waals surface area contributed by atoms with Crippen LogP contribution in [0.15, 0.2) is 16.6 Å². The highest BCUT2D eigenvalue weighted by molar-refractivity contribution is 9.10. The van der Waals surface area contributed by atoms with Crippen molar-refractivity contribution in [2.75, 3.05) is 5.73 Å². The quantitative estimate of drug-likeness (QED) is 0.487. The van der Waals surface area contributed by atoms with Crippen LogP contribution in [0.5, 0.6) is 0 Å². The maximum absolute atomic E-state index is 11.1. The SMILES string of the molecule is CC(C)(N)Cc1cc(Br)cc2nc(Cl)c([N+](=O)[O-])c(N)c12. The van der Waals surface area contributed by atoms with Crippen molar-refractivity contribution in [2.24, 2.45) is 5.73 Å².